The highest BCUT2D eigenvalue weighted by atomic mass is 35.5. The van der Waals surface area contributed by atoms with Crippen LogP contribution in [-0.2, 0) is 20.7 Å². The summed E-state index contributed by atoms with van der Waals surface area (Å²) < 4.78 is 91.0. The van der Waals surface area contributed by atoms with Gasteiger partial charge in [-0.2, -0.15) is 26.3 Å². The first kappa shape index (κ1) is 29.9. The summed E-state index contributed by atoms with van der Waals surface area (Å²) in [5.41, 5.74) is -6.23. The van der Waals surface area contributed by atoms with Gasteiger partial charge in [0.05, 0.1) is 11.4 Å². The first-order valence-corrected chi connectivity index (χ1v) is 13.3. The van der Waals surface area contributed by atoms with Crippen molar-refractivity contribution in [3.63, 3.8) is 0 Å². The fourth-order valence-corrected chi connectivity index (χ4v) is 4.65. The van der Waals surface area contributed by atoms with E-state index in [-0.39, 0.29) is 44.4 Å². The number of ether oxygens (including phenoxy) is 2. The quantitative estimate of drug-likeness (QED) is 0.197. The van der Waals surface area contributed by atoms with Crippen molar-refractivity contribution < 1.29 is 45.4 Å². The Balaban J connectivity index is 0.000000168. The van der Waals surface area contributed by atoms with E-state index in [1.807, 2.05) is 0 Å². The van der Waals surface area contributed by atoms with E-state index in [4.69, 9.17) is 23.2 Å². The minimum atomic E-state index is -4.87. The van der Waals surface area contributed by atoms with Crippen LogP contribution in [0, 0.1) is 23.7 Å². The van der Waals surface area contributed by atoms with Crippen molar-refractivity contribution in [3.8, 4) is 11.8 Å². The summed E-state index contributed by atoms with van der Waals surface area (Å²) in [6.45, 7) is 0. The molecule has 2 aliphatic carbocycles. The number of alkyl halides is 6. The Labute approximate surface area is 245 Å². The number of anilines is 2. The SMILES string of the molecule is O=C1Nc2ccc(Cl)cc2[C@@](C#CC2CC2)(C(F)(F)F)O1.O=C1Nc2ccc(Cl)cc2[C@@](C=CC2CC2)(C(F)(F)F)O1. The van der Waals surface area contributed by atoms with E-state index in [1.165, 1.54) is 36.4 Å². The lowest BCUT2D eigenvalue weighted by Crippen LogP contribution is -2.49. The van der Waals surface area contributed by atoms with E-state index >= 15 is 0 Å². The largest absolute Gasteiger partial charge is 0.445 e. The van der Waals surface area contributed by atoms with E-state index < -0.39 is 35.7 Å². The number of hydrogen-bond acceptors (Lipinski definition) is 4. The summed E-state index contributed by atoms with van der Waals surface area (Å²) in [6, 6.07) is 7.73. The van der Waals surface area contributed by atoms with Crippen molar-refractivity contribution in [3.05, 3.63) is 69.7 Å². The standard InChI is InChI=1S/C14H11ClF3NO2.C14H9ClF3NO2/c2*15-9-3-4-11-10(7-9)13(14(16,17)18,21-12(20)19-11)6-5-8-1-2-8/h3-8H,1-2H2,(H,19,20);3-4,7-8H,1-2H2,(H,19,20)/t2*13-/m00/s1. The molecule has 6 nitrogen and oxygen atoms in total. The third-order valence-corrected chi connectivity index (χ3v) is 7.26. The fourth-order valence-electron chi connectivity index (χ4n) is 4.31. The lowest BCUT2D eigenvalue weighted by Gasteiger charge is -2.37. The molecule has 2 aromatic carbocycles. The molecule has 4 aliphatic rings. The van der Waals surface area contributed by atoms with Gasteiger partial charge in [0.25, 0.3) is 11.2 Å². The van der Waals surface area contributed by atoms with Crippen LogP contribution in [0.25, 0.3) is 0 Å². The Morgan fingerprint density at radius 1 is 0.810 bits per heavy atom. The molecule has 2 atom stereocenters. The maximum absolute atomic E-state index is 13.7. The Morgan fingerprint density at radius 3 is 1.88 bits per heavy atom. The second kappa shape index (κ2) is 10.6. The summed E-state index contributed by atoms with van der Waals surface area (Å²) in [4.78, 5) is 23.0. The molecule has 2 heterocycles. The minimum absolute atomic E-state index is 0.00179. The molecular weight excluding hydrogens is 613 g/mol. The van der Waals surface area contributed by atoms with Crippen LogP contribution < -0.4 is 10.6 Å². The number of halogens is 8. The number of fused-ring (bicyclic) bond motifs is 2. The summed E-state index contributed by atoms with van der Waals surface area (Å²) in [6.07, 6.45) is -6.38. The van der Waals surface area contributed by atoms with Crippen LogP contribution in [0.2, 0.25) is 10.0 Å². The molecule has 0 radical (unpaired) electrons. The van der Waals surface area contributed by atoms with Crippen LogP contribution in [0.4, 0.5) is 47.3 Å². The van der Waals surface area contributed by atoms with Crippen LogP contribution in [-0.4, -0.2) is 24.5 Å². The highest BCUT2D eigenvalue weighted by Gasteiger charge is 2.62. The van der Waals surface area contributed by atoms with E-state index in [0.29, 0.717) is 0 Å². The number of amides is 2. The molecule has 222 valence electrons. The van der Waals surface area contributed by atoms with Crippen molar-refractivity contribution in [2.75, 3.05) is 10.6 Å². The molecule has 0 saturated heterocycles. The molecule has 0 aromatic heterocycles. The molecule has 0 bridgehead atoms. The molecular formula is C28H20Cl2F6N2O4. The normalized spacial score (nSPS) is 24.9. The molecule has 2 N–H and O–H groups in total. The number of benzene rings is 2. The van der Waals surface area contributed by atoms with Gasteiger partial charge in [-0.15, -0.1) is 0 Å². The number of allylic oxidation sites excluding steroid dienone is 1. The minimum Gasteiger partial charge on any atom is -0.424 e. The zero-order valence-electron chi connectivity index (χ0n) is 21.3. The fraction of sp³-hybridized carbons (Fsp3) is 0.357. The predicted molar refractivity (Wildman–Crippen MR) is 141 cm³/mol. The van der Waals surface area contributed by atoms with Crippen molar-refractivity contribution in [1.29, 1.82) is 0 Å². The highest BCUT2D eigenvalue weighted by molar-refractivity contribution is 6.31. The van der Waals surface area contributed by atoms with Gasteiger partial charge in [-0.1, -0.05) is 35.2 Å². The van der Waals surface area contributed by atoms with Crippen molar-refractivity contribution in [1.82, 2.24) is 0 Å². The zero-order valence-corrected chi connectivity index (χ0v) is 22.8. The number of nitrogens with one attached hydrogen (secondary N) is 2. The Hall–Kier alpha value is -3.56. The van der Waals surface area contributed by atoms with E-state index in [9.17, 15) is 35.9 Å². The van der Waals surface area contributed by atoms with E-state index in [1.54, 1.807) is 0 Å². The van der Waals surface area contributed by atoms with E-state index in [2.05, 4.69) is 31.9 Å². The van der Waals surface area contributed by atoms with Gasteiger partial charge in [-0.05, 0) is 80.0 Å². The predicted octanol–water partition coefficient (Wildman–Crippen LogP) is 8.70. The summed E-state index contributed by atoms with van der Waals surface area (Å²) in [5, 5.41) is 4.74. The summed E-state index contributed by atoms with van der Waals surface area (Å²) >= 11 is 11.6. The molecule has 14 heteroatoms. The molecule has 2 aromatic rings. The second-order valence-electron chi connectivity index (χ2n) is 10.1. The smallest absolute Gasteiger partial charge is 0.424 e. The molecule has 42 heavy (non-hydrogen) atoms. The molecule has 6 rings (SSSR count). The maximum Gasteiger partial charge on any atom is 0.445 e. The lowest BCUT2D eigenvalue weighted by molar-refractivity contribution is -0.243. The molecule has 0 spiro atoms. The summed E-state index contributed by atoms with van der Waals surface area (Å²) in [5.74, 6) is 4.71. The molecule has 0 unspecified atom stereocenters. The monoisotopic (exact) mass is 632 g/mol. The van der Waals surface area contributed by atoms with Gasteiger partial charge < -0.3 is 9.47 Å². The van der Waals surface area contributed by atoms with Gasteiger partial charge in [-0.3, -0.25) is 10.6 Å². The average molecular weight is 633 g/mol. The van der Waals surface area contributed by atoms with Crippen molar-refractivity contribution in [2.45, 2.75) is 49.2 Å². The topological polar surface area (TPSA) is 76.7 Å². The Bertz CT molecular complexity index is 1520. The average Bonchev–Trinajstić information content (AvgIpc) is 3.81. The number of carbonyl (C=O) groups is 2. The second-order valence-corrected chi connectivity index (χ2v) is 10.9. The third kappa shape index (κ3) is 5.85. The van der Waals surface area contributed by atoms with Crippen LogP contribution in [0.15, 0.2) is 48.6 Å². The van der Waals surface area contributed by atoms with E-state index in [0.717, 1.165) is 37.8 Å². The van der Waals surface area contributed by atoms with Crippen LogP contribution in [0.5, 0.6) is 0 Å². The van der Waals surface area contributed by atoms with Crippen LogP contribution in [0.3, 0.4) is 0 Å². The van der Waals surface area contributed by atoms with Gasteiger partial charge in [-0.25, -0.2) is 9.59 Å². The molecule has 2 saturated carbocycles. The van der Waals surface area contributed by atoms with Gasteiger partial charge in [0.1, 0.15) is 0 Å². The first-order chi connectivity index (χ1) is 19.6. The van der Waals surface area contributed by atoms with Gasteiger partial charge in [0.15, 0.2) is 0 Å². The first-order valence-electron chi connectivity index (χ1n) is 12.6. The summed E-state index contributed by atoms with van der Waals surface area (Å²) in [7, 11) is 0. The number of carbonyl (C=O) groups excluding carboxylic acids is 2. The third-order valence-electron chi connectivity index (χ3n) is 6.79. The Morgan fingerprint density at radius 2 is 1.36 bits per heavy atom. The van der Waals surface area contributed by atoms with Gasteiger partial charge in [0.2, 0.25) is 0 Å². The number of rotatable bonds is 2. The van der Waals surface area contributed by atoms with Crippen molar-refractivity contribution >= 4 is 46.8 Å². The molecule has 2 fully saturated rings. The van der Waals surface area contributed by atoms with Gasteiger partial charge >= 0.3 is 24.5 Å². The van der Waals surface area contributed by atoms with Crippen LogP contribution >= 0.6 is 23.2 Å². The van der Waals surface area contributed by atoms with Gasteiger partial charge in [0, 0.05) is 27.1 Å². The lowest BCUT2D eigenvalue weighted by atomic mass is 9.89. The number of hydrogen-bond donors (Lipinski definition) is 2. The highest BCUT2D eigenvalue weighted by Crippen LogP contribution is 2.50. The maximum atomic E-state index is 13.7. The zero-order chi connectivity index (χ0) is 30.5. The number of cyclic esters (lactones) is 2. The van der Waals surface area contributed by atoms with Crippen molar-refractivity contribution in [2.24, 2.45) is 11.8 Å². The van der Waals surface area contributed by atoms with Crippen LogP contribution in [0.1, 0.15) is 36.8 Å². The molecule has 2 aliphatic heterocycles. The molecule has 2 amide bonds. The Kier molecular flexibility index (Phi) is 7.56.